The van der Waals surface area contributed by atoms with Crippen LogP contribution < -0.4 is 0 Å². The average Bonchev–Trinajstić information content (AvgIpc) is 2.06. The van der Waals surface area contributed by atoms with E-state index in [-0.39, 0.29) is 6.61 Å². The van der Waals surface area contributed by atoms with Crippen LogP contribution in [0.4, 0.5) is 4.79 Å². The lowest BCUT2D eigenvalue weighted by Gasteiger charge is -2.11. The second-order valence-electron chi connectivity index (χ2n) is 2.17. The molecule has 0 aromatic heterocycles. The van der Waals surface area contributed by atoms with Crippen LogP contribution in [0.2, 0.25) is 0 Å². The van der Waals surface area contributed by atoms with E-state index in [1.165, 1.54) is 6.92 Å². The molecule has 0 spiro atoms. The summed E-state index contributed by atoms with van der Waals surface area (Å²) in [5, 5.41) is 8.39. The Labute approximate surface area is 63.6 Å². The summed E-state index contributed by atoms with van der Waals surface area (Å²) in [5.41, 5.74) is 0. The lowest BCUT2D eigenvalue weighted by atomic mass is 10.4. The normalized spacial score (nSPS) is 28.8. The van der Waals surface area contributed by atoms with Gasteiger partial charge in [-0.3, -0.25) is 4.18 Å². The largest absolute Gasteiger partial charge is 0.464 e. The van der Waals surface area contributed by atoms with Crippen LogP contribution in [0, 0.1) is 0 Å². The number of amides is 1. The van der Waals surface area contributed by atoms with E-state index in [9.17, 15) is 13.2 Å². The fourth-order valence-corrected chi connectivity index (χ4v) is 1.99. The zero-order valence-electron chi connectivity index (χ0n) is 5.72. The van der Waals surface area contributed by atoms with E-state index >= 15 is 0 Å². The number of hydrogen-bond donors (Lipinski definition) is 1. The first-order valence-electron chi connectivity index (χ1n) is 2.87. The fraction of sp³-hybridized carbons (Fsp3) is 0.750. The summed E-state index contributed by atoms with van der Waals surface area (Å²) >= 11 is 0. The molecule has 1 atom stereocenters. The van der Waals surface area contributed by atoms with Crippen molar-refractivity contribution in [1.82, 2.24) is 4.31 Å². The van der Waals surface area contributed by atoms with Crippen molar-refractivity contribution in [2.75, 3.05) is 6.61 Å². The van der Waals surface area contributed by atoms with Gasteiger partial charge in [-0.2, -0.15) is 12.7 Å². The third-order valence-electron chi connectivity index (χ3n) is 1.29. The van der Waals surface area contributed by atoms with Gasteiger partial charge in [-0.05, 0) is 6.92 Å². The first kappa shape index (κ1) is 8.28. The van der Waals surface area contributed by atoms with Crippen LogP contribution in [0.1, 0.15) is 6.92 Å². The number of hydrogen-bond acceptors (Lipinski definition) is 4. The zero-order valence-corrected chi connectivity index (χ0v) is 6.54. The fourth-order valence-electron chi connectivity index (χ4n) is 0.813. The first-order valence-corrected chi connectivity index (χ1v) is 4.23. The topological polar surface area (TPSA) is 83.9 Å². The van der Waals surface area contributed by atoms with Gasteiger partial charge in [0, 0.05) is 0 Å². The molecular weight excluding hydrogens is 174 g/mol. The van der Waals surface area contributed by atoms with Gasteiger partial charge in [0.1, 0.15) is 0 Å². The van der Waals surface area contributed by atoms with Gasteiger partial charge in [-0.1, -0.05) is 0 Å². The van der Waals surface area contributed by atoms with Crippen molar-refractivity contribution < 1.29 is 22.5 Å². The third-order valence-corrected chi connectivity index (χ3v) is 2.72. The van der Waals surface area contributed by atoms with E-state index in [0.717, 1.165) is 0 Å². The molecule has 1 saturated heterocycles. The highest BCUT2D eigenvalue weighted by molar-refractivity contribution is 7.85. The summed E-state index contributed by atoms with van der Waals surface area (Å²) < 4.78 is 26.0. The number of rotatable bonds is 0. The van der Waals surface area contributed by atoms with Gasteiger partial charge in [0.2, 0.25) is 0 Å². The highest BCUT2D eigenvalue weighted by Crippen LogP contribution is 2.17. The van der Waals surface area contributed by atoms with Crippen molar-refractivity contribution in [2.45, 2.75) is 13.0 Å². The smallest absolute Gasteiger partial charge is 0.423 e. The Balaban J connectivity index is 2.99. The minimum Gasteiger partial charge on any atom is -0.464 e. The predicted octanol–water partition coefficient (Wildman–Crippen LogP) is -0.370. The second kappa shape index (κ2) is 2.35. The lowest BCUT2D eigenvalue weighted by molar-refractivity contribution is 0.167. The van der Waals surface area contributed by atoms with E-state index in [2.05, 4.69) is 4.18 Å². The minimum atomic E-state index is -4.00. The summed E-state index contributed by atoms with van der Waals surface area (Å²) in [5.74, 6) is 0. The van der Waals surface area contributed by atoms with E-state index < -0.39 is 22.4 Å². The van der Waals surface area contributed by atoms with Crippen molar-refractivity contribution in [1.29, 1.82) is 0 Å². The maximum atomic E-state index is 10.7. The molecule has 0 aromatic carbocycles. The summed E-state index contributed by atoms with van der Waals surface area (Å²) in [7, 11) is -4.00. The molecule has 1 amide bonds. The maximum absolute atomic E-state index is 10.7. The van der Waals surface area contributed by atoms with Gasteiger partial charge in [0.05, 0.1) is 12.6 Å². The lowest BCUT2D eigenvalue weighted by Crippen LogP contribution is -2.36. The molecule has 1 N–H and O–H groups in total. The number of carbonyl (C=O) groups is 1. The summed E-state index contributed by atoms with van der Waals surface area (Å²) in [6.45, 7) is 1.35. The molecule has 1 aliphatic heterocycles. The molecule has 0 radical (unpaired) electrons. The van der Waals surface area contributed by atoms with Gasteiger partial charge in [0.15, 0.2) is 0 Å². The number of carboxylic acid groups (broad SMARTS) is 1. The standard InChI is InChI=1S/C4H7NO5S/c1-3-2-10-11(8,9)5(3)4(6)7/h3H,2H2,1H3,(H,6,7)/t3-/m0/s1. The Morgan fingerprint density at radius 3 is 2.45 bits per heavy atom. The van der Waals surface area contributed by atoms with Crippen LogP contribution in [0.3, 0.4) is 0 Å². The van der Waals surface area contributed by atoms with Crippen LogP contribution in [0.15, 0.2) is 0 Å². The first-order chi connectivity index (χ1) is 4.95. The molecule has 0 bridgehead atoms. The molecule has 7 heteroatoms. The monoisotopic (exact) mass is 181 g/mol. The van der Waals surface area contributed by atoms with Gasteiger partial charge in [0.25, 0.3) is 0 Å². The quantitative estimate of drug-likeness (QED) is 0.551. The van der Waals surface area contributed by atoms with Crippen LogP contribution in [0.25, 0.3) is 0 Å². The molecule has 6 nitrogen and oxygen atoms in total. The van der Waals surface area contributed by atoms with Crippen LogP contribution in [-0.4, -0.2) is 36.6 Å². The predicted molar refractivity (Wildman–Crippen MR) is 34.2 cm³/mol. The third kappa shape index (κ3) is 1.29. The van der Waals surface area contributed by atoms with Gasteiger partial charge < -0.3 is 5.11 Å². The Morgan fingerprint density at radius 1 is 1.73 bits per heavy atom. The Hall–Kier alpha value is -0.820. The van der Waals surface area contributed by atoms with Crippen molar-refractivity contribution in [3.05, 3.63) is 0 Å². The maximum Gasteiger partial charge on any atom is 0.423 e. The second-order valence-corrected chi connectivity index (χ2v) is 3.65. The summed E-state index contributed by atoms with van der Waals surface area (Å²) in [6, 6.07) is -0.627. The molecular formula is C4H7NO5S. The zero-order chi connectivity index (χ0) is 8.65. The van der Waals surface area contributed by atoms with Crippen molar-refractivity contribution in [2.24, 2.45) is 0 Å². The van der Waals surface area contributed by atoms with Crippen molar-refractivity contribution in [3.63, 3.8) is 0 Å². The SMILES string of the molecule is C[C@H]1COS(=O)(=O)N1C(=O)O. The number of nitrogens with zero attached hydrogens (tertiary/aromatic N) is 1. The molecule has 0 aliphatic carbocycles. The van der Waals surface area contributed by atoms with Gasteiger partial charge in [-0.25, -0.2) is 4.79 Å². The van der Waals surface area contributed by atoms with E-state index in [1.54, 1.807) is 0 Å². The summed E-state index contributed by atoms with van der Waals surface area (Å²) in [6.07, 6.45) is -1.50. The van der Waals surface area contributed by atoms with Crippen LogP contribution in [-0.2, 0) is 14.5 Å². The molecule has 1 fully saturated rings. The van der Waals surface area contributed by atoms with E-state index in [4.69, 9.17) is 5.11 Å². The van der Waals surface area contributed by atoms with Gasteiger partial charge >= 0.3 is 16.4 Å². The molecule has 0 saturated carbocycles. The van der Waals surface area contributed by atoms with E-state index in [0.29, 0.717) is 4.31 Å². The molecule has 0 aromatic rings. The molecule has 0 unspecified atom stereocenters. The van der Waals surface area contributed by atoms with Crippen molar-refractivity contribution in [3.8, 4) is 0 Å². The van der Waals surface area contributed by atoms with Crippen LogP contribution >= 0.6 is 0 Å². The van der Waals surface area contributed by atoms with Gasteiger partial charge in [-0.15, -0.1) is 0 Å². The highest BCUT2D eigenvalue weighted by atomic mass is 32.2. The van der Waals surface area contributed by atoms with E-state index in [1.807, 2.05) is 0 Å². The Morgan fingerprint density at radius 2 is 2.27 bits per heavy atom. The minimum absolute atomic E-state index is 0.103. The molecule has 64 valence electrons. The average molecular weight is 181 g/mol. The Kier molecular flexibility index (Phi) is 1.77. The summed E-state index contributed by atoms with van der Waals surface area (Å²) in [4.78, 5) is 10.3. The highest BCUT2D eigenvalue weighted by Gasteiger charge is 2.39. The Bertz CT molecular complexity index is 270. The molecule has 1 rings (SSSR count). The van der Waals surface area contributed by atoms with Crippen LogP contribution in [0.5, 0.6) is 0 Å². The van der Waals surface area contributed by atoms with Crippen molar-refractivity contribution >= 4 is 16.4 Å². The molecule has 1 heterocycles. The molecule has 1 aliphatic rings. The molecule has 11 heavy (non-hydrogen) atoms.